The molecule has 35 heavy (non-hydrogen) atoms. The quantitative estimate of drug-likeness (QED) is 0.302. The molecule has 0 bridgehead atoms. The smallest absolute Gasteiger partial charge is 0.251 e. The molecule has 1 aliphatic heterocycles. The number of aromatic nitrogens is 1. The molecule has 0 aliphatic carbocycles. The number of fused-ring (bicyclic) bond motifs is 1. The minimum Gasteiger partial charge on any atom is -0.441 e. The lowest BCUT2D eigenvalue weighted by atomic mass is 9.99. The second kappa shape index (κ2) is 9.29. The summed E-state index contributed by atoms with van der Waals surface area (Å²) >= 11 is 12.6. The van der Waals surface area contributed by atoms with Gasteiger partial charge in [0.2, 0.25) is 5.89 Å². The van der Waals surface area contributed by atoms with Crippen LogP contribution in [-0.2, 0) is 11.3 Å². The van der Waals surface area contributed by atoms with E-state index < -0.39 is 11.9 Å². The largest absolute Gasteiger partial charge is 0.441 e. The van der Waals surface area contributed by atoms with Gasteiger partial charge in [0.15, 0.2) is 0 Å². The molecule has 3 aromatic carbocycles. The summed E-state index contributed by atoms with van der Waals surface area (Å²) < 4.78 is 20.7. The van der Waals surface area contributed by atoms with E-state index in [0.29, 0.717) is 55.5 Å². The minimum atomic E-state index is -0.758. The molecular formula is C27H20Cl2FN3O2. The summed E-state index contributed by atoms with van der Waals surface area (Å²) in [5, 5.41) is 0.969. The summed E-state index contributed by atoms with van der Waals surface area (Å²) in [6.07, 6.45) is 0. The summed E-state index contributed by atoms with van der Waals surface area (Å²) in [4.78, 5) is 24.4. The molecular weight excluding hydrogens is 488 g/mol. The van der Waals surface area contributed by atoms with Crippen molar-refractivity contribution in [2.45, 2.75) is 26.4 Å². The number of oxazole rings is 1. The molecule has 0 fully saturated rings. The van der Waals surface area contributed by atoms with Crippen LogP contribution in [0.2, 0.25) is 10.0 Å². The number of hydrogen-bond donors (Lipinski definition) is 0. The third kappa shape index (κ3) is 4.35. The summed E-state index contributed by atoms with van der Waals surface area (Å²) in [7, 11) is 0. The van der Waals surface area contributed by atoms with Crippen LogP contribution in [0.5, 0.6) is 0 Å². The zero-order chi connectivity index (χ0) is 24.7. The maximum atomic E-state index is 14.8. The second-order valence-corrected chi connectivity index (χ2v) is 9.06. The van der Waals surface area contributed by atoms with Crippen molar-refractivity contribution in [3.8, 4) is 11.5 Å². The van der Waals surface area contributed by atoms with Crippen molar-refractivity contribution >= 4 is 40.5 Å². The average Bonchev–Trinajstić information content (AvgIpc) is 3.17. The molecule has 0 N–H and O–H groups in total. The zero-order valence-electron chi connectivity index (χ0n) is 18.9. The molecule has 0 saturated heterocycles. The van der Waals surface area contributed by atoms with Gasteiger partial charge in [0.25, 0.3) is 5.91 Å². The number of benzodiazepines with no additional fused rings is 1. The minimum absolute atomic E-state index is 0.137. The molecule has 8 heteroatoms. The molecule has 0 spiro atoms. The number of anilines is 1. The number of amides is 1. The van der Waals surface area contributed by atoms with Crippen LogP contribution in [-0.4, -0.2) is 22.6 Å². The van der Waals surface area contributed by atoms with Gasteiger partial charge < -0.3 is 9.32 Å². The Morgan fingerprint density at radius 1 is 1.00 bits per heavy atom. The first-order valence-electron chi connectivity index (χ1n) is 11.0. The fraction of sp³-hybridized carbons (Fsp3) is 0.148. The number of aryl methyl sites for hydroxylation is 1. The number of carbonyl (C=O) groups is 1. The van der Waals surface area contributed by atoms with Gasteiger partial charge >= 0.3 is 0 Å². The topological polar surface area (TPSA) is 58.7 Å². The summed E-state index contributed by atoms with van der Waals surface area (Å²) in [6, 6.07) is 18.0. The molecule has 176 valence electrons. The predicted molar refractivity (Wildman–Crippen MR) is 136 cm³/mol. The first-order chi connectivity index (χ1) is 16.8. The zero-order valence-corrected chi connectivity index (χ0v) is 20.4. The number of aliphatic imine (C=N–C) groups is 1. The fourth-order valence-electron chi connectivity index (χ4n) is 4.10. The summed E-state index contributed by atoms with van der Waals surface area (Å²) in [5.74, 6) is 0.261. The van der Waals surface area contributed by atoms with E-state index >= 15 is 0 Å². The number of benzene rings is 3. The Balaban J connectivity index is 1.60. The molecule has 1 aliphatic rings. The van der Waals surface area contributed by atoms with Gasteiger partial charge in [-0.05, 0) is 56.3 Å². The van der Waals surface area contributed by atoms with Crippen LogP contribution in [0.25, 0.3) is 11.5 Å². The first-order valence-corrected chi connectivity index (χ1v) is 11.7. The van der Waals surface area contributed by atoms with E-state index in [1.54, 1.807) is 61.2 Å². The lowest BCUT2D eigenvalue weighted by Gasteiger charge is -2.24. The molecule has 4 aromatic rings. The standard InChI is InChI=1S/C27H20Cl2FN3O2/c1-15-27(34)33(14-23-16(2)35-26(32-23)18-7-3-5-9-21(18)29)24-12-11-17(28)13-20(24)25(31-15)19-8-4-6-10-22(19)30/h3-13,15H,14H2,1-2H3. The van der Waals surface area contributed by atoms with Crippen molar-refractivity contribution in [1.82, 2.24) is 4.98 Å². The SMILES string of the molecule is Cc1oc(-c2ccccc2Cl)nc1CN1C(=O)C(C)N=C(c2ccccc2F)c2cc(Cl)ccc21. The number of rotatable bonds is 4. The van der Waals surface area contributed by atoms with Gasteiger partial charge in [0.1, 0.15) is 23.3 Å². The van der Waals surface area contributed by atoms with Crippen LogP contribution in [0.3, 0.4) is 0 Å². The molecule has 0 radical (unpaired) electrons. The summed E-state index contributed by atoms with van der Waals surface area (Å²) in [6.45, 7) is 3.62. The molecule has 5 rings (SSSR count). The van der Waals surface area contributed by atoms with Gasteiger partial charge in [-0.3, -0.25) is 9.79 Å². The van der Waals surface area contributed by atoms with E-state index in [0.717, 1.165) is 0 Å². The number of carbonyl (C=O) groups excluding carboxylic acids is 1. The van der Waals surface area contributed by atoms with Crippen LogP contribution in [0, 0.1) is 12.7 Å². The second-order valence-electron chi connectivity index (χ2n) is 8.22. The highest BCUT2D eigenvalue weighted by atomic mass is 35.5. The van der Waals surface area contributed by atoms with Crippen molar-refractivity contribution in [2.24, 2.45) is 4.99 Å². The maximum Gasteiger partial charge on any atom is 0.251 e. The predicted octanol–water partition coefficient (Wildman–Crippen LogP) is 6.87. The highest BCUT2D eigenvalue weighted by molar-refractivity contribution is 6.33. The molecule has 1 atom stereocenters. The molecule has 1 aromatic heterocycles. The van der Waals surface area contributed by atoms with Gasteiger partial charge in [-0.1, -0.05) is 47.5 Å². The normalized spacial score (nSPS) is 15.6. The third-order valence-corrected chi connectivity index (χ3v) is 6.45. The van der Waals surface area contributed by atoms with Gasteiger partial charge in [0.05, 0.1) is 28.5 Å². The van der Waals surface area contributed by atoms with Crippen LogP contribution < -0.4 is 4.90 Å². The maximum absolute atomic E-state index is 14.8. The van der Waals surface area contributed by atoms with E-state index in [-0.39, 0.29) is 12.5 Å². The van der Waals surface area contributed by atoms with Crippen molar-refractivity contribution in [3.63, 3.8) is 0 Å². The Hall–Kier alpha value is -3.48. The van der Waals surface area contributed by atoms with E-state index in [4.69, 9.17) is 27.6 Å². The first kappa shape index (κ1) is 23.3. The van der Waals surface area contributed by atoms with Gasteiger partial charge in [0, 0.05) is 16.1 Å². The van der Waals surface area contributed by atoms with E-state index in [2.05, 4.69) is 9.98 Å². The van der Waals surface area contributed by atoms with Gasteiger partial charge in [-0.2, -0.15) is 0 Å². The number of hydrogen-bond acceptors (Lipinski definition) is 4. The molecule has 1 unspecified atom stereocenters. The van der Waals surface area contributed by atoms with Crippen LogP contribution >= 0.6 is 23.2 Å². The Kier molecular flexibility index (Phi) is 6.17. The van der Waals surface area contributed by atoms with E-state index in [1.165, 1.54) is 6.07 Å². The van der Waals surface area contributed by atoms with Crippen LogP contribution in [0.4, 0.5) is 10.1 Å². The van der Waals surface area contributed by atoms with E-state index in [1.807, 2.05) is 18.2 Å². The van der Waals surface area contributed by atoms with Gasteiger partial charge in [-0.15, -0.1) is 0 Å². The van der Waals surface area contributed by atoms with Crippen molar-refractivity contribution < 1.29 is 13.6 Å². The fourth-order valence-corrected chi connectivity index (χ4v) is 4.49. The molecule has 5 nitrogen and oxygen atoms in total. The Morgan fingerprint density at radius 2 is 1.71 bits per heavy atom. The molecule has 2 heterocycles. The van der Waals surface area contributed by atoms with Crippen LogP contribution in [0.15, 0.2) is 76.1 Å². The third-order valence-electron chi connectivity index (χ3n) is 5.88. The Morgan fingerprint density at radius 3 is 2.46 bits per heavy atom. The van der Waals surface area contributed by atoms with E-state index in [9.17, 15) is 9.18 Å². The Labute approximate surface area is 211 Å². The average molecular weight is 508 g/mol. The molecule has 0 saturated carbocycles. The number of nitrogens with zero attached hydrogens (tertiary/aromatic N) is 3. The number of halogens is 3. The highest BCUT2D eigenvalue weighted by Crippen LogP contribution is 2.34. The van der Waals surface area contributed by atoms with Crippen molar-refractivity contribution in [1.29, 1.82) is 0 Å². The van der Waals surface area contributed by atoms with Crippen LogP contribution in [0.1, 0.15) is 29.5 Å². The van der Waals surface area contributed by atoms with Crippen molar-refractivity contribution in [2.75, 3.05) is 4.90 Å². The van der Waals surface area contributed by atoms with Crippen molar-refractivity contribution in [3.05, 3.63) is 105 Å². The lowest BCUT2D eigenvalue weighted by Crippen LogP contribution is -2.36. The summed E-state index contributed by atoms with van der Waals surface area (Å²) in [5.41, 5.74) is 3.04. The monoisotopic (exact) mass is 507 g/mol. The Bertz CT molecular complexity index is 1480. The van der Waals surface area contributed by atoms with Gasteiger partial charge in [-0.25, -0.2) is 9.37 Å². The highest BCUT2D eigenvalue weighted by Gasteiger charge is 2.32. The lowest BCUT2D eigenvalue weighted by molar-refractivity contribution is -0.119. The molecule has 1 amide bonds.